The third-order valence-electron chi connectivity index (χ3n) is 6.95. The van der Waals surface area contributed by atoms with Crippen molar-refractivity contribution < 1.29 is 14.1 Å². The number of nitrogens with one attached hydrogen (secondary N) is 1. The number of hydrogen-bond donors (Lipinski definition) is 1. The Bertz CT molecular complexity index is 1240. The van der Waals surface area contributed by atoms with Crippen molar-refractivity contribution in [3.05, 3.63) is 76.2 Å². The van der Waals surface area contributed by atoms with Crippen LogP contribution >= 0.6 is 0 Å². The summed E-state index contributed by atoms with van der Waals surface area (Å²) in [6.45, 7) is 8.77. The molecule has 2 aromatic carbocycles. The first-order chi connectivity index (χ1) is 15.7. The fraction of sp³-hybridized carbons (Fsp3) is 0.360. The zero-order chi connectivity index (χ0) is 23.4. The average molecular weight is 445 g/mol. The van der Waals surface area contributed by atoms with E-state index in [-0.39, 0.29) is 17.0 Å². The lowest BCUT2D eigenvalue weighted by molar-refractivity contribution is 0.00578. The summed E-state index contributed by atoms with van der Waals surface area (Å²) in [6.07, 6.45) is 1.62. The van der Waals surface area contributed by atoms with Crippen molar-refractivity contribution in [2.45, 2.75) is 58.3 Å². The lowest BCUT2D eigenvalue weighted by atomic mass is 9.79. The van der Waals surface area contributed by atoms with E-state index in [9.17, 15) is 9.59 Å². The summed E-state index contributed by atoms with van der Waals surface area (Å²) in [5.74, 6) is -0.385. The van der Waals surface area contributed by atoms with Gasteiger partial charge in [0.25, 0.3) is 11.5 Å². The summed E-state index contributed by atoms with van der Waals surface area (Å²) in [5, 5.41) is 2.90. The number of carbonyl (C=O) groups excluding carboxylic acids is 1. The molecule has 8 heteroatoms. The maximum Gasteiger partial charge on any atom is 0.494 e. The minimum atomic E-state index is -0.465. The SMILES string of the molecule is CC1(C)OB(c2ccc(NC(=O)c3c4n(n(-c5ccccc5)c3=O)CCC4)cc2)OC1(C)C. The predicted octanol–water partition coefficient (Wildman–Crippen LogP) is 3.14. The number of benzene rings is 2. The van der Waals surface area contributed by atoms with Gasteiger partial charge >= 0.3 is 7.12 Å². The molecule has 0 atom stereocenters. The van der Waals surface area contributed by atoms with Crippen molar-refractivity contribution in [2.75, 3.05) is 5.32 Å². The van der Waals surface area contributed by atoms with Crippen molar-refractivity contribution in [1.29, 1.82) is 0 Å². The molecule has 3 heterocycles. The largest absolute Gasteiger partial charge is 0.494 e. The van der Waals surface area contributed by atoms with Gasteiger partial charge in [-0.15, -0.1) is 0 Å². The second kappa shape index (κ2) is 7.75. The Labute approximate surface area is 193 Å². The van der Waals surface area contributed by atoms with Gasteiger partial charge in [0.1, 0.15) is 5.56 Å². The summed E-state index contributed by atoms with van der Waals surface area (Å²) >= 11 is 0. The Hall–Kier alpha value is -3.10. The van der Waals surface area contributed by atoms with Crippen molar-refractivity contribution in [1.82, 2.24) is 9.36 Å². The molecule has 1 aromatic heterocycles. The molecule has 3 aromatic rings. The van der Waals surface area contributed by atoms with Crippen LogP contribution in [0.1, 0.15) is 50.2 Å². The fourth-order valence-corrected chi connectivity index (χ4v) is 4.42. The van der Waals surface area contributed by atoms with Crippen molar-refractivity contribution in [3.63, 3.8) is 0 Å². The minimum absolute atomic E-state index is 0.214. The van der Waals surface area contributed by atoms with Crippen molar-refractivity contribution in [3.8, 4) is 5.69 Å². The van der Waals surface area contributed by atoms with E-state index in [4.69, 9.17) is 9.31 Å². The van der Waals surface area contributed by atoms with E-state index in [2.05, 4.69) is 5.32 Å². The molecule has 5 rings (SSSR count). The number of carbonyl (C=O) groups is 1. The first-order valence-corrected chi connectivity index (χ1v) is 11.3. The lowest BCUT2D eigenvalue weighted by Gasteiger charge is -2.32. The highest BCUT2D eigenvalue weighted by Gasteiger charge is 2.51. The number of fused-ring (bicyclic) bond motifs is 1. The molecule has 0 bridgehead atoms. The highest BCUT2D eigenvalue weighted by atomic mass is 16.7. The third kappa shape index (κ3) is 3.63. The van der Waals surface area contributed by atoms with E-state index in [1.807, 2.05) is 87.0 Å². The number of amides is 1. The molecule has 170 valence electrons. The normalized spacial score (nSPS) is 18.4. The summed E-state index contributed by atoms with van der Waals surface area (Å²) in [5.41, 5.74) is 2.13. The van der Waals surface area contributed by atoms with Crippen LogP contribution in [-0.4, -0.2) is 33.6 Å². The zero-order valence-corrected chi connectivity index (χ0v) is 19.4. The third-order valence-corrected chi connectivity index (χ3v) is 6.95. The van der Waals surface area contributed by atoms with Gasteiger partial charge < -0.3 is 14.6 Å². The highest BCUT2D eigenvalue weighted by molar-refractivity contribution is 6.62. The number of hydrogen-bond acceptors (Lipinski definition) is 4. The van der Waals surface area contributed by atoms with Crippen LogP contribution in [0.2, 0.25) is 0 Å². The number of nitrogens with zero attached hydrogens (tertiary/aromatic N) is 2. The van der Waals surface area contributed by atoms with Crippen LogP contribution in [0.3, 0.4) is 0 Å². The quantitative estimate of drug-likeness (QED) is 0.627. The second-order valence-corrected chi connectivity index (χ2v) is 9.67. The van der Waals surface area contributed by atoms with Gasteiger partial charge in [-0.1, -0.05) is 30.3 Å². The molecule has 1 fully saturated rings. The predicted molar refractivity (Wildman–Crippen MR) is 128 cm³/mol. The van der Waals surface area contributed by atoms with Crippen LogP contribution in [-0.2, 0) is 22.3 Å². The van der Waals surface area contributed by atoms with E-state index in [0.29, 0.717) is 12.1 Å². The number of rotatable bonds is 4. The van der Waals surface area contributed by atoms with Gasteiger partial charge in [0, 0.05) is 12.2 Å². The highest BCUT2D eigenvalue weighted by Crippen LogP contribution is 2.36. The molecule has 1 N–H and O–H groups in total. The Morgan fingerprint density at radius 1 is 0.970 bits per heavy atom. The molecule has 2 aliphatic heterocycles. The molecule has 0 spiro atoms. The van der Waals surface area contributed by atoms with Gasteiger partial charge in [0.2, 0.25) is 0 Å². The topological polar surface area (TPSA) is 74.5 Å². The monoisotopic (exact) mass is 445 g/mol. The minimum Gasteiger partial charge on any atom is -0.399 e. The van der Waals surface area contributed by atoms with Gasteiger partial charge in [0.05, 0.1) is 22.6 Å². The molecule has 7 nitrogen and oxygen atoms in total. The molecular formula is C25H28BN3O4. The van der Waals surface area contributed by atoms with Crippen LogP contribution in [0.15, 0.2) is 59.4 Å². The fourth-order valence-electron chi connectivity index (χ4n) is 4.42. The average Bonchev–Trinajstić information content (AvgIpc) is 3.39. The molecule has 0 saturated carbocycles. The van der Waals surface area contributed by atoms with Gasteiger partial charge in [-0.05, 0) is 70.3 Å². The first-order valence-electron chi connectivity index (χ1n) is 11.3. The first kappa shape index (κ1) is 21.7. The molecule has 0 aliphatic carbocycles. The maximum atomic E-state index is 13.2. The van der Waals surface area contributed by atoms with Gasteiger partial charge in [-0.25, -0.2) is 4.68 Å². The molecule has 1 amide bonds. The Morgan fingerprint density at radius 2 is 1.61 bits per heavy atom. The van der Waals surface area contributed by atoms with Crippen LogP contribution in [0.5, 0.6) is 0 Å². The van der Waals surface area contributed by atoms with Crippen LogP contribution in [0, 0.1) is 0 Å². The Morgan fingerprint density at radius 3 is 2.24 bits per heavy atom. The summed E-state index contributed by atoms with van der Waals surface area (Å²) in [7, 11) is -0.465. The molecule has 1 saturated heterocycles. The van der Waals surface area contributed by atoms with E-state index >= 15 is 0 Å². The molecule has 2 aliphatic rings. The Kier molecular flexibility index (Phi) is 5.10. The number of para-hydroxylation sites is 1. The van der Waals surface area contributed by atoms with Gasteiger partial charge in [-0.3, -0.25) is 14.3 Å². The maximum absolute atomic E-state index is 13.2. The lowest BCUT2D eigenvalue weighted by Crippen LogP contribution is -2.41. The van der Waals surface area contributed by atoms with E-state index in [1.54, 1.807) is 4.68 Å². The molecular weight excluding hydrogens is 417 g/mol. The summed E-state index contributed by atoms with van der Waals surface area (Å²) in [6, 6.07) is 16.8. The second-order valence-electron chi connectivity index (χ2n) is 9.67. The summed E-state index contributed by atoms with van der Waals surface area (Å²) < 4.78 is 15.7. The number of aromatic nitrogens is 2. The van der Waals surface area contributed by atoms with Crippen molar-refractivity contribution in [2.24, 2.45) is 0 Å². The molecule has 0 radical (unpaired) electrons. The van der Waals surface area contributed by atoms with E-state index in [1.165, 1.54) is 0 Å². The van der Waals surface area contributed by atoms with Crippen LogP contribution < -0.4 is 16.3 Å². The Balaban J connectivity index is 1.39. The van der Waals surface area contributed by atoms with E-state index in [0.717, 1.165) is 29.8 Å². The standard InChI is InChI=1S/C25H28BN3O4/c1-24(2)25(3,4)33-26(32-24)17-12-14-18(15-13-17)27-22(30)21-20-11-8-16-28(20)29(23(21)31)19-9-6-5-7-10-19/h5-7,9-10,12-15H,8,11,16H2,1-4H3,(H,27,30). The molecule has 0 unspecified atom stereocenters. The van der Waals surface area contributed by atoms with Crippen LogP contribution in [0.4, 0.5) is 5.69 Å². The molecule has 33 heavy (non-hydrogen) atoms. The van der Waals surface area contributed by atoms with Gasteiger partial charge in [-0.2, -0.15) is 0 Å². The van der Waals surface area contributed by atoms with E-state index < -0.39 is 18.3 Å². The van der Waals surface area contributed by atoms with Crippen LogP contribution in [0.25, 0.3) is 5.69 Å². The summed E-state index contributed by atoms with van der Waals surface area (Å²) in [4.78, 5) is 26.4. The number of anilines is 1. The zero-order valence-electron chi connectivity index (χ0n) is 19.4. The van der Waals surface area contributed by atoms with Gasteiger partial charge in [0.15, 0.2) is 0 Å². The smallest absolute Gasteiger partial charge is 0.399 e. The van der Waals surface area contributed by atoms with Crippen molar-refractivity contribution >= 4 is 24.2 Å².